The molecular weight excluding hydrogens is 582 g/mol. The van der Waals surface area contributed by atoms with E-state index in [0.29, 0.717) is 12.8 Å². The summed E-state index contributed by atoms with van der Waals surface area (Å²) < 4.78 is 32.3. The van der Waals surface area contributed by atoms with Gasteiger partial charge in [0.2, 0.25) is 5.91 Å². The lowest BCUT2D eigenvalue weighted by molar-refractivity contribution is -0.122. The maximum Gasteiger partial charge on any atom is 0.267 e. The number of unbranched alkanes of at least 4 members (excludes halogenated alkanes) is 18. The SMILES string of the molecule is CCCC/C=C\C/C=C\CCCCCCCC(=O)NC(CS(=O)(=O)O)C(O)/C=C/CC/C=C/CCCCCCCCCCCC. The van der Waals surface area contributed by atoms with Gasteiger partial charge in [0.1, 0.15) is 0 Å². The Balaban J connectivity index is 4.08. The zero-order chi connectivity index (χ0) is 33.3. The third-order valence-corrected chi connectivity index (χ3v) is 8.76. The highest BCUT2D eigenvalue weighted by Crippen LogP contribution is 2.12. The Bertz CT molecular complexity index is 894. The van der Waals surface area contributed by atoms with Crippen LogP contribution in [0.1, 0.15) is 168 Å². The largest absolute Gasteiger partial charge is 0.387 e. The Kier molecular flexibility index (Phi) is 31.0. The van der Waals surface area contributed by atoms with E-state index in [4.69, 9.17) is 0 Å². The summed E-state index contributed by atoms with van der Waals surface area (Å²) in [6.45, 7) is 4.46. The molecule has 0 aliphatic rings. The Morgan fingerprint density at radius 1 is 0.600 bits per heavy atom. The lowest BCUT2D eigenvalue weighted by atomic mass is 10.1. The van der Waals surface area contributed by atoms with Crippen molar-refractivity contribution in [2.75, 3.05) is 5.75 Å². The summed E-state index contributed by atoms with van der Waals surface area (Å²) in [5, 5.41) is 13.1. The number of aliphatic hydroxyl groups is 1. The van der Waals surface area contributed by atoms with Crippen LogP contribution in [0.25, 0.3) is 0 Å². The van der Waals surface area contributed by atoms with Crippen molar-refractivity contribution in [2.45, 2.75) is 180 Å². The Morgan fingerprint density at radius 3 is 1.60 bits per heavy atom. The minimum atomic E-state index is -4.35. The summed E-state index contributed by atoms with van der Waals surface area (Å²) >= 11 is 0. The fourth-order valence-electron chi connectivity index (χ4n) is 5.19. The van der Waals surface area contributed by atoms with Crippen molar-refractivity contribution in [3.63, 3.8) is 0 Å². The number of aliphatic hydroxyl groups excluding tert-OH is 1. The summed E-state index contributed by atoms with van der Waals surface area (Å²) in [5.74, 6) is -1.02. The molecule has 0 aliphatic heterocycles. The average Bonchev–Trinajstić information content (AvgIpc) is 3.00. The van der Waals surface area contributed by atoms with Gasteiger partial charge >= 0.3 is 0 Å². The number of nitrogens with one attached hydrogen (secondary N) is 1. The predicted molar refractivity (Wildman–Crippen MR) is 193 cm³/mol. The molecule has 3 N–H and O–H groups in total. The zero-order valence-corrected chi connectivity index (χ0v) is 29.8. The van der Waals surface area contributed by atoms with Gasteiger partial charge in [-0.15, -0.1) is 0 Å². The van der Waals surface area contributed by atoms with E-state index in [0.717, 1.165) is 51.4 Å². The van der Waals surface area contributed by atoms with Crippen LogP contribution < -0.4 is 5.32 Å². The normalized spacial score (nSPS) is 14.0. The second kappa shape index (κ2) is 32.2. The van der Waals surface area contributed by atoms with Crippen molar-refractivity contribution < 1.29 is 22.9 Å². The van der Waals surface area contributed by atoms with Gasteiger partial charge in [0.15, 0.2) is 0 Å². The molecule has 0 aromatic heterocycles. The highest BCUT2D eigenvalue weighted by Gasteiger charge is 2.24. The molecule has 0 rings (SSSR count). The van der Waals surface area contributed by atoms with Crippen molar-refractivity contribution >= 4 is 16.0 Å². The van der Waals surface area contributed by atoms with Crippen molar-refractivity contribution in [2.24, 2.45) is 0 Å². The van der Waals surface area contributed by atoms with Gasteiger partial charge in [0.25, 0.3) is 10.1 Å². The van der Waals surface area contributed by atoms with Crippen molar-refractivity contribution in [3.05, 3.63) is 48.6 Å². The molecule has 2 unspecified atom stereocenters. The van der Waals surface area contributed by atoms with Gasteiger partial charge in [-0.2, -0.15) is 8.42 Å². The number of carbonyl (C=O) groups excluding carboxylic acids is 1. The molecule has 7 heteroatoms. The highest BCUT2D eigenvalue weighted by atomic mass is 32.2. The first-order valence-electron chi connectivity index (χ1n) is 18.3. The van der Waals surface area contributed by atoms with Gasteiger partial charge in [-0.3, -0.25) is 9.35 Å². The first-order chi connectivity index (χ1) is 21.8. The van der Waals surface area contributed by atoms with Crippen LogP contribution in [0.3, 0.4) is 0 Å². The molecule has 0 radical (unpaired) electrons. The van der Waals surface area contributed by atoms with Gasteiger partial charge in [-0.25, -0.2) is 0 Å². The first kappa shape index (κ1) is 43.3. The lowest BCUT2D eigenvalue weighted by Crippen LogP contribution is -2.46. The number of hydrogen-bond acceptors (Lipinski definition) is 4. The third kappa shape index (κ3) is 33.5. The van der Waals surface area contributed by atoms with Gasteiger partial charge in [-0.05, 0) is 57.8 Å². The summed E-state index contributed by atoms with van der Waals surface area (Å²) in [4.78, 5) is 12.4. The van der Waals surface area contributed by atoms with Crippen LogP contribution in [-0.2, 0) is 14.9 Å². The lowest BCUT2D eigenvalue weighted by Gasteiger charge is -2.21. The fourth-order valence-corrected chi connectivity index (χ4v) is 5.92. The molecule has 1 amide bonds. The molecule has 0 saturated heterocycles. The van der Waals surface area contributed by atoms with E-state index in [1.807, 2.05) is 0 Å². The number of hydrogen-bond donors (Lipinski definition) is 3. The van der Waals surface area contributed by atoms with Crippen LogP contribution in [0.2, 0.25) is 0 Å². The number of amides is 1. The monoisotopic (exact) mass is 651 g/mol. The maximum atomic E-state index is 12.4. The molecular formula is C38H69NO5S. The van der Waals surface area contributed by atoms with Gasteiger partial charge in [-0.1, -0.05) is 152 Å². The van der Waals surface area contributed by atoms with Crippen LogP contribution in [0.4, 0.5) is 0 Å². The van der Waals surface area contributed by atoms with Crippen LogP contribution in [0, 0.1) is 0 Å². The summed E-state index contributed by atoms with van der Waals surface area (Å²) in [7, 11) is -4.35. The van der Waals surface area contributed by atoms with E-state index in [2.05, 4.69) is 55.6 Å². The van der Waals surface area contributed by atoms with E-state index in [9.17, 15) is 22.9 Å². The Morgan fingerprint density at radius 2 is 1.04 bits per heavy atom. The molecule has 0 aromatic rings. The smallest absolute Gasteiger partial charge is 0.267 e. The summed E-state index contributed by atoms with van der Waals surface area (Å²) in [6.07, 6.45) is 42.3. The van der Waals surface area contributed by atoms with Crippen molar-refractivity contribution in [1.29, 1.82) is 0 Å². The van der Waals surface area contributed by atoms with E-state index in [-0.39, 0.29) is 12.3 Å². The molecule has 0 bridgehead atoms. The molecule has 262 valence electrons. The molecule has 0 aliphatic carbocycles. The molecule has 2 atom stereocenters. The van der Waals surface area contributed by atoms with Gasteiger partial charge in [0, 0.05) is 6.42 Å². The van der Waals surface area contributed by atoms with E-state index in [1.54, 1.807) is 6.08 Å². The van der Waals surface area contributed by atoms with Crippen molar-refractivity contribution in [3.8, 4) is 0 Å². The molecule has 0 aromatic carbocycles. The second-order valence-electron chi connectivity index (χ2n) is 12.5. The van der Waals surface area contributed by atoms with Crippen LogP contribution in [0.5, 0.6) is 0 Å². The topological polar surface area (TPSA) is 104 Å². The Hall–Kier alpha value is -1.70. The molecule has 0 heterocycles. The van der Waals surface area contributed by atoms with Gasteiger partial charge in [0.05, 0.1) is 17.9 Å². The fraction of sp³-hybridized carbons (Fsp3) is 0.763. The number of carbonyl (C=O) groups is 1. The minimum absolute atomic E-state index is 0.270. The maximum absolute atomic E-state index is 12.4. The summed E-state index contributed by atoms with van der Waals surface area (Å²) in [6, 6.07) is -1.08. The van der Waals surface area contributed by atoms with Crippen LogP contribution >= 0.6 is 0 Å². The molecule has 0 spiro atoms. The standard InChI is InChI=1S/C38H69NO5S/c1-3-5-7-9-11-13-15-17-19-20-21-23-25-27-29-31-33-37(40)36(35-45(42,43)44)39-38(41)34-32-30-28-26-24-22-18-16-14-12-10-8-6-4-2/h10,12,16,18,23,25,31,33,36-37,40H,3-9,11,13-15,17,19-22,24,26-30,32,34-35H2,1-2H3,(H,39,41)(H,42,43,44)/b12-10-,18-16-,25-23+,33-31+. The van der Waals surface area contributed by atoms with E-state index < -0.39 is 28.0 Å². The predicted octanol–water partition coefficient (Wildman–Crippen LogP) is 10.3. The minimum Gasteiger partial charge on any atom is -0.387 e. The molecule has 45 heavy (non-hydrogen) atoms. The van der Waals surface area contributed by atoms with E-state index in [1.165, 1.54) is 89.5 Å². The average molecular weight is 652 g/mol. The van der Waals surface area contributed by atoms with Crippen molar-refractivity contribution in [1.82, 2.24) is 5.32 Å². The second-order valence-corrected chi connectivity index (χ2v) is 14.0. The molecule has 0 saturated carbocycles. The first-order valence-corrected chi connectivity index (χ1v) is 19.9. The molecule has 6 nitrogen and oxygen atoms in total. The number of allylic oxidation sites excluding steroid dienone is 7. The highest BCUT2D eigenvalue weighted by molar-refractivity contribution is 7.85. The van der Waals surface area contributed by atoms with Crippen LogP contribution in [0.15, 0.2) is 48.6 Å². The third-order valence-electron chi connectivity index (χ3n) is 7.98. The van der Waals surface area contributed by atoms with Gasteiger partial charge < -0.3 is 10.4 Å². The quantitative estimate of drug-likeness (QED) is 0.0381. The molecule has 0 fully saturated rings. The summed E-state index contributed by atoms with van der Waals surface area (Å²) in [5.41, 5.74) is 0. The number of rotatable bonds is 32. The van der Waals surface area contributed by atoms with Crippen LogP contribution in [-0.4, -0.2) is 41.9 Å². The zero-order valence-electron chi connectivity index (χ0n) is 29.0. The Labute approximate surface area is 278 Å². The van der Waals surface area contributed by atoms with E-state index >= 15 is 0 Å².